The van der Waals surface area contributed by atoms with E-state index in [4.69, 9.17) is 0 Å². The molecule has 124 valence electrons. The number of aromatic nitrogens is 1. The van der Waals surface area contributed by atoms with Gasteiger partial charge in [0.15, 0.2) is 0 Å². The summed E-state index contributed by atoms with van der Waals surface area (Å²) in [5, 5.41) is 0.845. The smallest absolute Gasteiger partial charge is 0.268 e. The van der Waals surface area contributed by atoms with E-state index in [-0.39, 0.29) is 11.3 Å². The molecule has 0 N–H and O–H groups in total. The zero-order valence-corrected chi connectivity index (χ0v) is 14.7. The van der Waals surface area contributed by atoms with Crippen LogP contribution in [0.15, 0.2) is 47.5 Å². The molecule has 0 spiro atoms. The van der Waals surface area contributed by atoms with Gasteiger partial charge in [-0.1, -0.05) is 23.8 Å². The van der Waals surface area contributed by atoms with E-state index in [1.165, 1.54) is 3.97 Å². The van der Waals surface area contributed by atoms with Crippen molar-refractivity contribution in [1.29, 1.82) is 0 Å². The molecule has 1 aromatic heterocycles. The molecule has 5 heteroatoms. The van der Waals surface area contributed by atoms with Crippen LogP contribution in [0, 0.1) is 20.8 Å². The number of aryl methyl sites for hydroxylation is 3. The number of aldehydes is 1. The van der Waals surface area contributed by atoms with Crippen LogP contribution in [0.5, 0.6) is 0 Å². The Morgan fingerprint density at radius 3 is 2.25 bits per heavy atom. The molecule has 0 aliphatic heterocycles. The van der Waals surface area contributed by atoms with Crippen molar-refractivity contribution in [2.45, 2.75) is 32.1 Å². The van der Waals surface area contributed by atoms with E-state index >= 15 is 0 Å². The standard InChI is InChI=1S/C19H19NO3S/c1-13-4-7-16(8-5-13)24(22,23)20-12-15(3)19-17(10-11-21)14(2)6-9-18(19)20/h4-9,11-12H,10H2,1-3H3. The average molecular weight is 341 g/mol. The number of carbonyl (C=O) groups is 1. The minimum Gasteiger partial charge on any atom is -0.303 e. The number of rotatable bonds is 4. The highest BCUT2D eigenvalue weighted by Crippen LogP contribution is 2.30. The molecule has 0 aliphatic rings. The third-order valence-corrected chi connectivity index (χ3v) is 6.02. The summed E-state index contributed by atoms with van der Waals surface area (Å²) in [4.78, 5) is 11.3. The lowest BCUT2D eigenvalue weighted by atomic mass is 9.99. The maximum Gasteiger partial charge on any atom is 0.268 e. The summed E-state index contributed by atoms with van der Waals surface area (Å²) in [6, 6.07) is 10.5. The molecule has 0 radical (unpaired) electrons. The Morgan fingerprint density at radius 2 is 1.62 bits per heavy atom. The third-order valence-electron chi connectivity index (χ3n) is 4.33. The molecule has 0 fully saturated rings. The lowest BCUT2D eigenvalue weighted by Crippen LogP contribution is -2.12. The summed E-state index contributed by atoms with van der Waals surface area (Å²) >= 11 is 0. The summed E-state index contributed by atoms with van der Waals surface area (Å²) in [6.45, 7) is 5.72. The van der Waals surface area contributed by atoms with Crippen LogP contribution in [-0.2, 0) is 21.2 Å². The van der Waals surface area contributed by atoms with Crippen LogP contribution in [0.3, 0.4) is 0 Å². The second-order valence-electron chi connectivity index (χ2n) is 6.05. The van der Waals surface area contributed by atoms with Crippen molar-refractivity contribution < 1.29 is 13.2 Å². The predicted octanol–water partition coefficient (Wildman–Crippen LogP) is 3.54. The minimum atomic E-state index is -3.68. The first kappa shape index (κ1) is 16.5. The van der Waals surface area contributed by atoms with Gasteiger partial charge in [0.05, 0.1) is 10.4 Å². The van der Waals surface area contributed by atoms with E-state index in [0.29, 0.717) is 5.52 Å². The van der Waals surface area contributed by atoms with E-state index in [1.54, 1.807) is 36.5 Å². The number of nitrogens with zero attached hydrogens (tertiary/aromatic N) is 1. The molecular formula is C19H19NO3S. The summed E-state index contributed by atoms with van der Waals surface area (Å²) in [7, 11) is -3.68. The highest BCUT2D eigenvalue weighted by Gasteiger charge is 2.21. The fraction of sp³-hybridized carbons (Fsp3) is 0.211. The summed E-state index contributed by atoms with van der Waals surface area (Å²) < 4.78 is 27.4. The molecule has 4 nitrogen and oxygen atoms in total. The Labute approximate surface area is 141 Å². The van der Waals surface area contributed by atoms with Crippen LogP contribution in [-0.4, -0.2) is 18.7 Å². The number of benzene rings is 2. The minimum absolute atomic E-state index is 0.252. The second-order valence-corrected chi connectivity index (χ2v) is 7.87. The maximum absolute atomic E-state index is 13.0. The molecule has 0 bridgehead atoms. The number of fused-ring (bicyclic) bond motifs is 1. The first-order chi connectivity index (χ1) is 11.4. The van der Waals surface area contributed by atoms with E-state index in [2.05, 4.69) is 0 Å². The van der Waals surface area contributed by atoms with Gasteiger partial charge in [0.25, 0.3) is 10.0 Å². The van der Waals surface area contributed by atoms with Crippen molar-refractivity contribution in [2.24, 2.45) is 0 Å². The lowest BCUT2D eigenvalue weighted by molar-refractivity contribution is -0.107. The quantitative estimate of drug-likeness (QED) is 0.682. The molecular weight excluding hydrogens is 322 g/mol. The highest BCUT2D eigenvalue weighted by atomic mass is 32.2. The summed E-state index contributed by atoms with van der Waals surface area (Å²) in [5.41, 5.74) is 4.34. The van der Waals surface area contributed by atoms with Gasteiger partial charge in [-0.05, 0) is 55.7 Å². The van der Waals surface area contributed by atoms with Crippen molar-refractivity contribution >= 4 is 27.2 Å². The van der Waals surface area contributed by atoms with Crippen molar-refractivity contribution in [2.75, 3.05) is 0 Å². The van der Waals surface area contributed by atoms with Crippen LogP contribution < -0.4 is 0 Å². The number of hydrogen-bond acceptors (Lipinski definition) is 3. The van der Waals surface area contributed by atoms with Crippen LogP contribution in [0.2, 0.25) is 0 Å². The lowest BCUT2D eigenvalue weighted by Gasteiger charge is -2.10. The first-order valence-corrected chi connectivity index (χ1v) is 9.16. The fourth-order valence-corrected chi connectivity index (χ4v) is 4.46. The van der Waals surface area contributed by atoms with Crippen LogP contribution in [0.4, 0.5) is 0 Å². The van der Waals surface area contributed by atoms with Crippen molar-refractivity contribution in [3.8, 4) is 0 Å². The van der Waals surface area contributed by atoms with Gasteiger partial charge >= 0.3 is 0 Å². The molecule has 2 aromatic carbocycles. The Hall–Kier alpha value is -2.40. The number of hydrogen-bond donors (Lipinski definition) is 0. The SMILES string of the molecule is Cc1ccc(S(=O)(=O)n2cc(C)c3c(CC=O)c(C)ccc32)cc1. The normalized spacial score (nSPS) is 11.8. The molecule has 3 aromatic rings. The molecule has 0 aliphatic carbocycles. The fourth-order valence-electron chi connectivity index (χ4n) is 3.04. The Bertz CT molecular complexity index is 1030. The van der Waals surface area contributed by atoms with Crippen molar-refractivity contribution in [1.82, 2.24) is 3.97 Å². The van der Waals surface area contributed by atoms with E-state index in [0.717, 1.165) is 33.9 Å². The van der Waals surface area contributed by atoms with Gasteiger partial charge < -0.3 is 4.79 Å². The van der Waals surface area contributed by atoms with Gasteiger partial charge in [-0.3, -0.25) is 0 Å². The van der Waals surface area contributed by atoms with Crippen LogP contribution in [0.1, 0.15) is 22.3 Å². The average Bonchev–Trinajstić information content (AvgIpc) is 2.88. The van der Waals surface area contributed by atoms with E-state index in [1.807, 2.05) is 26.8 Å². The summed E-state index contributed by atoms with van der Waals surface area (Å²) in [5.74, 6) is 0. The molecule has 0 atom stereocenters. The zero-order valence-electron chi connectivity index (χ0n) is 13.9. The van der Waals surface area contributed by atoms with E-state index in [9.17, 15) is 13.2 Å². The predicted molar refractivity (Wildman–Crippen MR) is 94.9 cm³/mol. The molecule has 0 unspecified atom stereocenters. The molecule has 1 heterocycles. The maximum atomic E-state index is 13.0. The van der Waals surface area contributed by atoms with Crippen molar-refractivity contribution in [3.63, 3.8) is 0 Å². The third kappa shape index (κ3) is 2.55. The second kappa shape index (κ2) is 5.91. The molecule has 3 rings (SSSR count). The zero-order chi connectivity index (χ0) is 17.5. The largest absolute Gasteiger partial charge is 0.303 e. The van der Waals surface area contributed by atoms with Gasteiger partial charge in [0, 0.05) is 18.0 Å². The first-order valence-electron chi connectivity index (χ1n) is 7.72. The molecule has 24 heavy (non-hydrogen) atoms. The molecule has 0 saturated heterocycles. The van der Waals surface area contributed by atoms with Gasteiger partial charge in [-0.2, -0.15) is 0 Å². The Morgan fingerprint density at radius 1 is 0.958 bits per heavy atom. The van der Waals surface area contributed by atoms with Crippen LogP contribution >= 0.6 is 0 Å². The van der Waals surface area contributed by atoms with Gasteiger partial charge in [0.2, 0.25) is 0 Å². The number of carbonyl (C=O) groups excluding carboxylic acids is 1. The van der Waals surface area contributed by atoms with E-state index < -0.39 is 10.0 Å². The Balaban J connectivity index is 2.30. The summed E-state index contributed by atoms with van der Waals surface area (Å²) in [6.07, 6.45) is 2.76. The highest BCUT2D eigenvalue weighted by molar-refractivity contribution is 7.90. The Kier molecular flexibility index (Phi) is 4.05. The topological polar surface area (TPSA) is 56.1 Å². The molecule has 0 amide bonds. The molecule has 0 saturated carbocycles. The monoisotopic (exact) mass is 341 g/mol. The van der Waals surface area contributed by atoms with Gasteiger partial charge in [-0.25, -0.2) is 12.4 Å². The van der Waals surface area contributed by atoms with Gasteiger partial charge in [-0.15, -0.1) is 0 Å². The van der Waals surface area contributed by atoms with Gasteiger partial charge in [0.1, 0.15) is 6.29 Å². The van der Waals surface area contributed by atoms with Crippen LogP contribution in [0.25, 0.3) is 10.9 Å². The van der Waals surface area contributed by atoms with Crippen molar-refractivity contribution in [3.05, 3.63) is 64.8 Å².